The van der Waals surface area contributed by atoms with Gasteiger partial charge in [0.1, 0.15) is 0 Å². The van der Waals surface area contributed by atoms with Crippen molar-refractivity contribution in [2.45, 2.75) is 13.8 Å². The fourth-order valence-electron chi connectivity index (χ4n) is 3.03. The van der Waals surface area contributed by atoms with E-state index in [-0.39, 0.29) is 11.7 Å². The quantitative estimate of drug-likeness (QED) is 0.376. The number of amides is 1. The average molecular weight is 482 g/mol. The third-order valence-corrected chi connectivity index (χ3v) is 5.37. The van der Waals surface area contributed by atoms with Gasteiger partial charge in [-0.3, -0.25) is 4.79 Å². The van der Waals surface area contributed by atoms with Crippen LogP contribution in [-0.2, 0) is 0 Å². The summed E-state index contributed by atoms with van der Waals surface area (Å²) in [5.74, 6) is 0.238. The van der Waals surface area contributed by atoms with Crippen LogP contribution in [0.15, 0.2) is 71.2 Å². The van der Waals surface area contributed by atoms with Gasteiger partial charge in [0, 0.05) is 20.7 Å². The first-order valence-corrected chi connectivity index (χ1v) is 10.5. The highest BCUT2D eigenvalue weighted by molar-refractivity contribution is 9.10. The molecule has 1 N–H and O–H groups in total. The first-order valence-electron chi connectivity index (χ1n) is 9.28. The predicted octanol–water partition coefficient (Wildman–Crippen LogP) is 6.22. The highest BCUT2D eigenvalue weighted by atomic mass is 79.9. The van der Waals surface area contributed by atoms with E-state index in [4.69, 9.17) is 11.6 Å². The molecule has 4 aromatic rings. The van der Waals surface area contributed by atoms with Gasteiger partial charge in [-0.05, 0) is 67.4 Å². The van der Waals surface area contributed by atoms with E-state index in [1.807, 2.05) is 68.4 Å². The molecule has 0 aliphatic rings. The van der Waals surface area contributed by atoms with Crippen molar-refractivity contribution in [3.63, 3.8) is 0 Å². The van der Waals surface area contributed by atoms with Gasteiger partial charge in [-0.25, -0.2) is 9.67 Å². The van der Waals surface area contributed by atoms with Crippen molar-refractivity contribution in [1.29, 1.82) is 0 Å². The van der Waals surface area contributed by atoms with Crippen LogP contribution in [0.2, 0.25) is 5.02 Å². The zero-order chi connectivity index (χ0) is 21.3. The zero-order valence-corrected chi connectivity index (χ0v) is 18.7. The Morgan fingerprint density at radius 1 is 1.03 bits per heavy atom. The number of halogens is 2. The number of nitrogens with zero attached hydrogens (tertiary/aromatic N) is 3. The van der Waals surface area contributed by atoms with Crippen LogP contribution < -0.4 is 5.32 Å². The molecule has 3 aromatic carbocycles. The molecule has 0 saturated heterocycles. The Hall–Kier alpha value is -2.96. The molecule has 30 heavy (non-hydrogen) atoms. The molecule has 0 aliphatic heterocycles. The molecule has 150 valence electrons. The van der Waals surface area contributed by atoms with E-state index in [2.05, 4.69) is 31.3 Å². The van der Waals surface area contributed by atoms with E-state index < -0.39 is 0 Å². The van der Waals surface area contributed by atoms with Gasteiger partial charge in [-0.2, -0.15) is 0 Å². The minimum atomic E-state index is -0.372. The summed E-state index contributed by atoms with van der Waals surface area (Å²) < 4.78 is 2.60. The van der Waals surface area contributed by atoms with Crippen molar-refractivity contribution >= 4 is 39.1 Å². The lowest BCUT2D eigenvalue weighted by Crippen LogP contribution is -2.15. The summed E-state index contributed by atoms with van der Waals surface area (Å²) in [6.07, 6.45) is 0. The van der Waals surface area contributed by atoms with Crippen molar-refractivity contribution in [3.8, 4) is 17.1 Å². The largest absolute Gasteiger partial charge is 0.319 e. The summed E-state index contributed by atoms with van der Waals surface area (Å²) in [4.78, 5) is 17.5. The highest BCUT2D eigenvalue weighted by Gasteiger charge is 2.19. The molecule has 0 fully saturated rings. The van der Waals surface area contributed by atoms with E-state index in [0.717, 1.165) is 32.5 Å². The summed E-state index contributed by atoms with van der Waals surface area (Å²) >= 11 is 9.62. The average Bonchev–Trinajstić information content (AvgIpc) is 3.17. The number of anilines is 1. The molecule has 1 amide bonds. The third kappa shape index (κ3) is 4.30. The number of nitrogens with one attached hydrogen (secondary N) is 1. The Morgan fingerprint density at radius 2 is 1.80 bits per heavy atom. The molecule has 4 rings (SSSR count). The third-order valence-electron chi connectivity index (χ3n) is 4.61. The normalized spacial score (nSPS) is 10.8. The number of carbonyl (C=O) groups excluding carboxylic acids is 1. The summed E-state index contributed by atoms with van der Waals surface area (Å²) in [6.45, 7) is 3.92. The van der Waals surface area contributed by atoms with Gasteiger partial charge in [-0.1, -0.05) is 51.8 Å². The van der Waals surface area contributed by atoms with Gasteiger partial charge < -0.3 is 5.32 Å². The van der Waals surface area contributed by atoms with Gasteiger partial charge in [0.05, 0.1) is 5.69 Å². The number of benzene rings is 3. The van der Waals surface area contributed by atoms with Gasteiger partial charge >= 0.3 is 0 Å². The SMILES string of the molecule is Cc1ccc(C)c(NC(=O)c2nc(-c3cccc(Cl)c3)n(-c3ccc(Br)cc3)n2)c1. The van der Waals surface area contributed by atoms with Gasteiger partial charge in [0.25, 0.3) is 5.91 Å². The Labute approximate surface area is 187 Å². The number of aromatic nitrogens is 3. The lowest BCUT2D eigenvalue weighted by molar-refractivity contribution is 0.101. The molecule has 0 bridgehead atoms. The molecule has 0 saturated carbocycles. The summed E-state index contributed by atoms with van der Waals surface area (Å²) in [6, 6.07) is 20.8. The summed E-state index contributed by atoms with van der Waals surface area (Å²) in [5, 5.41) is 8.00. The molecular weight excluding hydrogens is 464 g/mol. The Kier molecular flexibility index (Phi) is 5.70. The van der Waals surface area contributed by atoms with Crippen LogP contribution in [-0.4, -0.2) is 20.7 Å². The van der Waals surface area contributed by atoms with Crippen LogP contribution in [0.3, 0.4) is 0 Å². The monoisotopic (exact) mass is 480 g/mol. The standard InChI is InChI=1S/C23H18BrClN4O/c1-14-6-7-15(2)20(12-14)26-23(30)21-27-22(16-4-3-5-18(25)13-16)29(28-21)19-10-8-17(24)9-11-19/h3-13H,1-2H3,(H,26,30). The minimum absolute atomic E-state index is 0.0776. The minimum Gasteiger partial charge on any atom is -0.319 e. The molecular formula is C23H18BrClN4O. The lowest BCUT2D eigenvalue weighted by atomic mass is 10.1. The first kappa shape index (κ1) is 20.3. The number of rotatable bonds is 4. The fraction of sp³-hybridized carbons (Fsp3) is 0.0870. The molecule has 7 heteroatoms. The van der Waals surface area contributed by atoms with Gasteiger partial charge in [0.2, 0.25) is 5.82 Å². The second kappa shape index (κ2) is 8.42. The van der Waals surface area contributed by atoms with E-state index >= 15 is 0 Å². The molecule has 1 aromatic heterocycles. The fourth-order valence-corrected chi connectivity index (χ4v) is 3.49. The summed E-state index contributed by atoms with van der Waals surface area (Å²) in [5.41, 5.74) is 4.32. The second-order valence-electron chi connectivity index (χ2n) is 6.93. The molecule has 1 heterocycles. The smallest absolute Gasteiger partial charge is 0.295 e. The zero-order valence-electron chi connectivity index (χ0n) is 16.4. The van der Waals surface area contributed by atoms with Crippen molar-refractivity contribution in [1.82, 2.24) is 14.8 Å². The maximum absolute atomic E-state index is 12.9. The Bertz CT molecular complexity index is 1230. The molecule has 0 spiro atoms. The Morgan fingerprint density at radius 3 is 2.53 bits per heavy atom. The number of aryl methyl sites for hydroxylation is 2. The van der Waals surface area contributed by atoms with Gasteiger partial charge in [0.15, 0.2) is 5.82 Å². The molecule has 0 unspecified atom stereocenters. The van der Waals surface area contributed by atoms with E-state index in [0.29, 0.717) is 10.8 Å². The predicted molar refractivity (Wildman–Crippen MR) is 123 cm³/mol. The molecule has 5 nitrogen and oxygen atoms in total. The molecule has 0 radical (unpaired) electrons. The number of hydrogen-bond acceptors (Lipinski definition) is 3. The van der Waals surface area contributed by atoms with E-state index in [1.165, 1.54) is 0 Å². The van der Waals surface area contributed by atoms with Crippen LogP contribution in [0, 0.1) is 13.8 Å². The second-order valence-corrected chi connectivity index (χ2v) is 8.28. The lowest BCUT2D eigenvalue weighted by Gasteiger charge is -2.07. The van der Waals surface area contributed by atoms with Crippen LogP contribution >= 0.6 is 27.5 Å². The van der Waals surface area contributed by atoms with Crippen LogP contribution in [0.25, 0.3) is 17.1 Å². The topological polar surface area (TPSA) is 59.8 Å². The molecule has 0 atom stereocenters. The van der Waals surface area contributed by atoms with Crippen molar-refractivity contribution < 1.29 is 4.79 Å². The Balaban J connectivity index is 1.77. The van der Waals surface area contributed by atoms with Crippen LogP contribution in [0.1, 0.15) is 21.7 Å². The summed E-state index contributed by atoms with van der Waals surface area (Å²) in [7, 11) is 0. The van der Waals surface area contributed by atoms with Crippen molar-refractivity contribution in [2.24, 2.45) is 0 Å². The van der Waals surface area contributed by atoms with Crippen molar-refractivity contribution in [2.75, 3.05) is 5.32 Å². The van der Waals surface area contributed by atoms with Crippen molar-refractivity contribution in [3.05, 3.63) is 93.2 Å². The van der Waals surface area contributed by atoms with E-state index in [1.54, 1.807) is 16.8 Å². The van der Waals surface area contributed by atoms with Gasteiger partial charge in [-0.15, -0.1) is 5.10 Å². The maximum atomic E-state index is 12.9. The highest BCUT2D eigenvalue weighted by Crippen LogP contribution is 2.25. The first-order chi connectivity index (χ1) is 14.4. The van der Waals surface area contributed by atoms with E-state index in [9.17, 15) is 4.79 Å². The number of carbonyl (C=O) groups is 1. The number of hydrogen-bond donors (Lipinski definition) is 1. The maximum Gasteiger partial charge on any atom is 0.295 e. The van der Waals surface area contributed by atoms with Crippen LogP contribution in [0.5, 0.6) is 0 Å². The van der Waals surface area contributed by atoms with Crippen LogP contribution in [0.4, 0.5) is 5.69 Å². The molecule has 0 aliphatic carbocycles.